The maximum absolute atomic E-state index is 14.6. The van der Waals surface area contributed by atoms with Crippen LogP contribution in [-0.2, 0) is 68.0 Å². The minimum Gasteiger partial charge on any atom is -0.493 e. The number of amides is 4. The van der Waals surface area contributed by atoms with E-state index in [0.29, 0.717) is 79.4 Å². The van der Waals surface area contributed by atoms with Gasteiger partial charge in [-0.1, -0.05) is 134 Å². The molecule has 6 aromatic rings. The molecule has 0 spiro atoms. The van der Waals surface area contributed by atoms with Crippen molar-refractivity contribution in [2.24, 2.45) is 11.5 Å². The van der Waals surface area contributed by atoms with Crippen molar-refractivity contribution in [3.63, 3.8) is 0 Å². The van der Waals surface area contributed by atoms with Crippen LogP contribution in [0.4, 0.5) is 17.6 Å². The number of benzene rings is 6. The predicted molar refractivity (Wildman–Crippen MR) is 383 cm³/mol. The number of sulfone groups is 2. The molecule has 0 fully saturated rings. The fraction of sp³-hybridized carbons (Fsp3) is 0.474. The summed E-state index contributed by atoms with van der Waals surface area (Å²) in [6, 6.07) is 25.7. The van der Waals surface area contributed by atoms with E-state index in [2.05, 4.69) is 10.6 Å². The minimum absolute atomic E-state index is 0.00478. The molecule has 548 valence electrons. The molecule has 0 aliphatic heterocycles. The smallest absolute Gasteiger partial charge is 0.252 e. The average molecular weight is 1430 g/mol. The van der Waals surface area contributed by atoms with Crippen molar-refractivity contribution >= 4 is 43.3 Å². The lowest BCUT2D eigenvalue weighted by molar-refractivity contribution is -0.135. The second-order valence-electron chi connectivity index (χ2n) is 25.7. The third kappa shape index (κ3) is 25.1. The first-order chi connectivity index (χ1) is 47.4. The molecule has 0 heterocycles. The summed E-state index contributed by atoms with van der Waals surface area (Å²) in [6.45, 7) is 14.3. The van der Waals surface area contributed by atoms with Gasteiger partial charge in [0.05, 0.1) is 48.4 Å². The predicted octanol–water partition coefficient (Wildman–Crippen LogP) is 10.6. The lowest BCUT2D eigenvalue weighted by Gasteiger charge is -2.32. The summed E-state index contributed by atoms with van der Waals surface area (Å²) in [5.74, 6) is -6.49. The maximum Gasteiger partial charge on any atom is 0.252 e. The van der Waals surface area contributed by atoms with E-state index in [0.717, 1.165) is 65.9 Å². The van der Waals surface area contributed by atoms with Crippen molar-refractivity contribution in [3.8, 4) is 11.5 Å². The van der Waals surface area contributed by atoms with E-state index in [1.54, 1.807) is 50.2 Å². The molecule has 4 amide bonds. The van der Waals surface area contributed by atoms with Crippen molar-refractivity contribution in [2.75, 3.05) is 38.8 Å². The summed E-state index contributed by atoms with van der Waals surface area (Å²) >= 11 is 0. The van der Waals surface area contributed by atoms with Crippen molar-refractivity contribution in [3.05, 3.63) is 200 Å². The van der Waals surface area contributed by atoms with Gasteiger partial charge < -0.3 is 51.6 Å². The van der Waals surface area contributed by atoms with Crippen LogP contribution >= 0.6 is 0 Å². The maximum atomic E-state index is 14.6. The monoisotopic (exact) mass is 1430 g/mol. The van der Waals surface area contributed by atoms with Crippen molar-refractivity contribution in [2.45, 2.75) is 192 Å². The standard InChI is InChI=1S/C39H53F2N3O7S.C37H49F2N3O5S/c1-7-11-32(12-8-2)52(48,49)24-34(43-38(46)29-15-25(4)37(51-6)36(20-29)50-5)39(47)44(22-27-14-10-13-26(9-3)16-27)23-35(45)33(42)19-28-17-30(40)21-31(41)18-28;1-5-11-31(12-6-2)48(46,47)24-34(41-36(44)32-16-9-8-13-25(32)4)37(45)42(22-27-15-10-14-26(7-3)17-27)23-35(43)33(40)20-28-18-29(38)21-30(39)19-28/h10,13-18,20-21,32-35,45H,7-9,11-12,19,22-24,42H2,1-6H3,(H,43,46);8-10,13-19,21,31,33-35,43H,5-7,11-12,20,22-24,40H2,1-4H3,(H,41,44)/t2*33-,34?,35+/m00/s1. The Morgan fingerprint density at radius 1 is 0.490 bits per heavy atom. The molecule has 0 aromatic heterocycles. The second kappa shape index (κ2) is 40.0. The number of aliphatic hydroxyl groups excluding tert-OH is 2. The fourth-order valence-corrected chi connectivity index (χ4v) is 16.5. The molecule has 6 aromatic carbocycles. The van der Waals surface area contributed by atoms with E-state index in [1.807, 2.05) is 84.0 Å². The highest BCUT2D eigenvalue weighted by atomic mass is 32.2. The Bertz CT molecular complexity index is 3850. The largest absolute Gasteiger partial charge is 0.493 e. The summed E-state index contributed by atoms with van der Waals surface area (Å²) in [5.41, 5.74) is 18.2. The summed E-state index contributed by atoms with van der Waals surface area (Å²) in [7, 11) is -4.90. The number of rotatable bonds is 38. The highest BCUT2D eigenvalue weighted by molar-refractivity contribution is 7.92. The Kier molecular flexibility index (Phi) is 33.2. The molecule has 24 heteroatoms. The van der Waals surface area contributed by atoms with E-state index >= 15 is 0 Å². The van der Waals surface area contributed by atoms with Crippen LogP contribution in [-0.4, -0.2) is 146 Å². The van der Waals surface area contributed by atoms with Gasteiger partial charge in [-0.05, 0) is 152 Å². The molecular formula is C76H102F4N6O12S2. The summed E-state index contributed by atoms with van der Waals surface area (Å²) in [4.78, 5) is 59.1. The highest BCUT2D eigenvalue weighted by Gasteiger charge is 2.38. The molecule has 100 heavy (non-hydrogen) atoms. The Hall–Kier alpha value is -7.74. The van der Waals surface area contributed by atoms with Crippen LogP contribution in [0.3, 0.4) is 0 Å². The zero-order valence-electron chi connectivity index (χ0n) is 59.2. The van der Waals surface area contributed by atoms with Crippen molar-refractivity contribution in [1.29, 1.82) is 0 Å². The van der Waals surface area contributed by atoms with Gasteiger partial charge in [-0.2, -0.15) is 0 Å². The molecule has 0 saturated heterocycles. The zero-order chi connectivity index (χ0) is 74.0. The van der Waals surface area contributed by atoms with E-state index in [1.165, 1.54) is 30.1 Å². The number of carbonyl (C=O) groups excluding carboxylic acids is 4. The third-order valence-electron chi connectivity index (χ3n) is 17.5. The topological polar surface area (TPSA) is 278 Å². The molecule has 0 radical (unpaired) electrons. The highest BCUT2D eigenvalue weighted by Crippen LogP contribution is 2.32. The van der Waals surface area contributed by atoms with Crippen LogP contribution in [0.5, 0.6) is 11.5 Å². The molecule has 8 N–H and O–H groups in total. The lowest BCUT2D eigenvalue weighted by atomic mass is 10.0. The second-order valence-corrected chi connectivity index (χ2v) is 30.3. The van der Waals surface area contributed by atoms with Crippen LogP contribution in [0.1, 0.15) is 158 Å². The number of nitrogens with two attached hydrogens (primary N) is 2. The van der Waals surface area contributed by atoms with Crippen LogP contribution in [0.2, 0.25) is 0 Å². The van der Waals surface area contributed by atoms with E-state index in [9.17, 15) is 63.8 Å². The first-order valence-electron chi connectivity index (χ1n) is 34.3. The van der Waals surface area contributed by atoms with Gasteiger partial charge in [0.15, 0.2) is 31.2 Å². The molecule has 6 atom stereocenters. The Balaban J connectivity index is 0.000000362. The number of methoxy groups -OCH3 is 2. The molecule has 0 bridgehead atoms. The Morgan fingerprint density at radius 3 is 1.25 bits per heavy atom. The third-order valence-corrected chi connectivity index (χ3v) is 22.1. The van der Waals surface area contributed by atoms with Crippen LogP contribution < -0.4 is 31.6 Å². The first kappa shape index (κ1) is 82.9. The average Bonchev–Trinajstić information content (AvgIpc) is 0.815. The quantitative estimate of drug-likeness (QED) is 0.0197. The molecule has 18 nitrogen and oxygen atoms in total. The van der Waals surface area contributed by atoms with Gasteiger partial charge in [-0.25, -0.2) is 34.4 Å². The number of hydrogen-bond donors (Lipinski definition) is 6. The van der Waals surface area contributed by atoms with Gasteiger partial charge in [-0.15, -0.1) is 0 Å². The van der Waals surface area contributed by atoms with Gasteiger partial charge in [-0.3, -0.25) is 19.2 Å². The number of hydrogen-bond acceptors (Lipinski definition) is 14. The number of aryl methyl sites for hydroxylation is 4. The van der Waals surface area contributed by atoms with Gasteiger partial charge in [0.2, 0.25) is 11.8 Å². The molecule has 0 saturated carbocycles. The van der Waals surface area contributed by atoms with Crippen molar-refractivity contribution < 1.29 is 73.3 Å². The number of ether oxygens (including phenoxy) is 2. The van der Waals surface area contributed by atoms with E-state index < -0.39 is 125 Å². The molecule has 6 rings (SSSR count). The number of carbonyl (C=O) groups is 4. The molecule has 0 aliphatic rings. The zero-order valence-corrected chi connectivity index (χ0v) is 60.9. The normalized spacial score (nSPS) is 13.5. The number of nitrogens with one attached hydrogen (secondary N) is 2. The van der Waals surface area contributed by atoms with Gasteiger partial charge in [0.25, 0.3) is 11.8 Å². The lowest BCUT2D eigenvalue weighted by Crippen LogP contribution is -2.55. The Morgan fingerprint density at radius 2 is 0.880 bits per heavy atom. The van der Waals surface area contributed by atoms with Crippen LogP contribution in [0, 0.1) is 37.1 Å². The molecule has 0 aliphatic carbocycles. The van der Waals surface area contributed by atoms with Crippen molar-refractivity contribution in [1.82, 2.24) is 20.4 Å². The fourth-order valence-electron chi connectivity index (χ4n) is 12.2. The van der Waals surface area contributed by atoms with E-state index in [-0.39, 0.29) is 61.5 Å². The summed E-state index contributed by atoms with van der Waals surface area (Å²) in [6.07, 6.45) is 2.64. The number of halogens is 4. The number of aliphatic hydroxyl groups is 2. The van der Waals surface area contributed by atoms with Crippen LogP contribution in [0.15, 0.2) is 121 Å². The van der Waals surface area contributed by atoms with Gasteiger partial charge >= 0.3 is 0 Å². The van der Waals surface area contributed by atoms with Gasteiger partial charge in [0.1, 0.15) is 35.4 Å². The molecular weight excluding hydrogens is 1330 g/mol. The van der Waals surface area contributed by atoms with Crippen LogP contribution in [0.25, 0.3) is 0 Å². The molecule has 2 unspecified atom stereocenters. The SMILES string of the molecule is CCCC(CCC)S(=O)(=O)CC(NC(=O)c1cc(C)c(OC)c(OC)c1)C(=O)N(Cc1cccc(CC)c1)C[C@@H](O)[C@@H](N)Cc1cc(F)cc(F)c1.CCCC(CCC)S(=O)(=O)CC(NC(=O)c1ccccc1C)C(=O)N(Cc1cccc(CC)c1)C[C@@H](O)[C@@H](N)Cc1cc(F)cc(F)c1. The van der Waals surface area contributed by atoms with E-state index in [4.69, 9.17) is 20.9 Å². The minimum atomic E-state index is -3.93. The Labute approximate surface area is 588 Å². The summed E-state index contributed by atoms with van der Waals surface area (Å²) in [5, 5.41) is 26.5. The van der Waals surface area contributed by atoms with Gasteiger partial charge in [0, 0.05) is 61.5 Å². The first-order valence-corrected chi connectivity index (χ1v) is 37.7. The number of nitrogens with zero attached hydrogens (tertiary/aromatic N) is 2. The summed E-state index contributed by atoms with van der Waals surface area (Å²) < 4.78 is 122.